The number of rotatable bonds is 6. The molecule has 0 amide bonds. The molecule has 7 heteroatoms. The van der Waals surface area contributed by atoms with Gasteiger partial charge in [0, 0.05) is 6.54 Å². The molecule has 0 bridgehead atoms. The fraction of sp³-hybridized carbons (Fsp3) is 0.385. The molecular weight excluding hydrogens is 260 g/mol. The van der Waals surface area contributed by atoms with E-state index in [1.165, 1.54) is 6.07 Å². The van der Waals surface area contributed by atoms with Crippen molar-refractivity contribution in [2.24, 2.45) is 0 Å². The molecule has 0 aliphatic heterocycles. The average molecular weight is 276 g/mol. The van der Waals surface area contributed by atoms with Gasteiger partial charge in [-0.2, -0.15) is 0 Å². The molecule has 0 saturated heterocycles. The van der Waals surface area contributed by atoms with Crippen molar-refractivity contribution in [2.45, 2.75) is 33.4 Å². The highest BCUT2D eigenvalue weighted by Gasteiger charge is 2.09. The molecule has 2 rings (SSSR count). The molecule has 0 saturated carbocycles. The van der Waals surface area contributed by atoms with Gasteiger partial charge in [0.2, 0.25) is 0 Å². The Labute approximate surface area is 116 Å². The maximum atomic E-state index is 10.9. The van der Waals surface area contributed by atoms with Gasteiger partial charge >= 0.3 is 5.97 Å². The van der Waals surface area contributed by atoms with Crippen LogP contribution in [0.5, 0.6) is 5.75 Å². The predicted octanol–water partition coefficient (Wildman–Crippen LogP) is 1.67. The number of carboxylic acids is 1. The Morgan fingerprint density at radius 3 is 2.90 bits per heavy atom. The number of nitrogens with zero attached hydrogens (tertiary/aromatic N) is 4. The second kappa shape index (κ2) is 6.14. The molecule has 7 nitrogen and oxygen atoms in total. The summed E-state index contributed by atoms with van der Waals surface area (Å²) in [6.07, 6.45) is 0.935. The lowest BCUT2D eigenvalue weighted by molar-refractivity contribution is 0.0696. The first-order valence-electron chi connectivity index (χ1n) is 6.33. The SMILES string of the molecule is CCCn1nnnc1COc1ccc(C(=O)O)c(C)c1. The number of carboxylic acid groups (broad SMARTS) is 1. The minimum atomic E-state index is -0.944. The van der Waals surface area contributed by atoms with Crippen molar-refractivity contribution in [1.29, 1.82) is 0 Å². The van der Waals surface area contributed by atoms with E-state index in [0.717, 1.165) is 13.0 Å². The summed E-state index contributed by atoms with van der Waals surface area (Å²) in [5, 5.41) is 20.3. The Kier molecular flexibility index (Phi) is 4.29. The highest BCUT2D eigenvalue weighted by Crippen LogP contribution is 2.18. The third-order valence-electron chi connectivity index (χ3n) is 2.84. The van der Waals surface area contributed by atoms with Crippen LogP contribution in [-0.2, 0) is 13.2 Å². The summed E-state index contributed by atoms with van der Waals surface area (Å²) in [5.74, 6) is 0.298. The van der Waals surface area contributed by atoms with Crippen LogP contribution in [0.4, 0.5) is 0 Å². The molecule has 1 heterocycles. The summed E-state index contributed by atoms with van der Waals surface area (Å²) in [4.78, 5) is 10.9. The summed E-state index contributed by atoms with van der Waals surface area (Å²) in [7, 11) is 0. The molecule has 0 spiro atoms. The van der Waals surface area contributed by atoms with Crippen LogP contribution in [0.3, 0.4) is 0 Å². The molecule has 0 radical (unpaired) electrons. The van der Waals surface area contributed by atoms with Gasteiger partial charge in [-0.3, -0.25) is 0 Å². The van der Waals surface area contributed by atoms with E-state index in [0.29, 0.717) is 17.1 Å². The van der Waals surface area contributed by atoms with Gasteiger partial charge in [0.05, 0.1) is 5.56 Å². The summed E-state index contributed by atoms with van der Waals surface area (Å²) in [5.41, 5.74) is 0.927. The average Bonchev–Trinajstić information content (AvgIpc) is 2.84. The summed E-state index contributed by atoms with van der Waals surface area (Å²) >= 11 is 0. The molecule has 106 valence electrons. The van der Waals surface area contributed by atoms with Crippen LogP contribution in [0.25, 0.3) is 0 Å². The van der Waals surface area contributed by atoms with Gasteiger partial charge < -0.3 is 9.84 Å². The van der Waals surface area contributed by atoms with Crippen LogP contribution < -0.4 is 4.74 Å². The number of tetrazole rings is 1. The van der Waals surface area contributed by atoms with E-state index >= 15 is 0 Å². The maximum Gasteiger partial charge on any atom is 0.335 e. The van der Waals surface area contributed by atoms with E-state index < -0.39 is 5.97 Å². The normalized spacial score (nSPS) is 10.5. The second-order valence-corrected chi connectivity index (χ2v) is 4.39. The highest BCUT2D eigenvalue weighted by atomic mass is 16.5. The maximum absolute atomic E-state index is 10.9. The third-order valence-corrected chi connectivity index (χ3v) is 2.84. The van der Waals surface area contributed by atoms with Crippen LogP contribution in [0.2, 0.25) is 0 Å². The number of ether oxygens (including phenoxy) is 1. The van der Waals surface area contributed by atoms with Gasteiger partial charge in [0.25, 0.3) is 0 Å². The lowest BCUT2D eigenvalue weighted by Gasteiger charge is -2.08. The standard InChI is InChI=1S/C13H16N4O3/c1-3-6-17-12(14-15-16-17)8-20-10-4-5-11(13(18)19)9(2)7-10/h4-5,7H,3,6,8H2,1-2H3,(H,18,19). The first-order valence-corrected chi connectivity index (χ1v) is 6.33. The van der Waals surface area contributed by atoms with Crippen LogP contribution in [0.15, 0.2) is 18.2 Å². The predicted molar refractivity (Wildman–Crippen MR) is 70.6 cm³/mol. The van der Waals surface area contributed by atoms with E-state index in [9.17, 15) is 4.79 Å². The molecule has 2 aromatic rings. The Morgan fingerprint density at radius 1 is 1.45 bits per heavy atom. The highest BCUT2D eigenvalue weighted by molar-refractivity contribution is 5.89. The van der Waals surface area contributed by atoms with E-state index in [-0.39, 0.29) is 12.2 Å². The van der Waals surface area contributed by atoms with Crippen molar-refractivity contribution in [1.82, 2.24) is 20.2 Å². The van der Waals surface area contributed by atoms with Gasteiger partial charge in [-0.05, 0) is 47.5 Å². The number of hydrogen-bond donors (Lipinski definition) is 1. The Bertz CT molecular complexity index is 609. The lowest BCUT2D eigenvalue weighted by atomic mass is 10.1. The van der Waals surface area contributed by atoms with E-state index in [1.54, 1.807) is 23.7 Å². The van der Waals surface area contributed by atoms with Gasteiger partial charge in [-0.25, -0.2) is 9.48 Å². The van der Waals surface area contributed by atoms with Crippen molar-refractivity contribution < 1.29 is 14.6 Å². The molecule has 0 fully saturated rings. The van der Waals surface area contributed by atoms with Gasteiger partial charge in [-0.1, -0.05) is 6.92 Å². The molecule has 0 aliphatic rings. The molecule has 0 atom stereocenters. The number of aromatic carboxylic acids is 1. The minimum absolute atomic E-state index is 0.249. The first-order chi connectivity index (χ1) is 9.61. The molecule has 1 aromatic carbocycles. The number of aryl methyl sites for hydroxylation is 2. The summed E-state index contributed by atoms with van der Waals surface area (Å²) in [6.45, 7) is 4.76. The smallest absolute Gasteiger partial charge is 0.335 e. The topological polar surface area (TPSA) is 90.1 Å². The Balaban J connectivity index is 2.05. The van der Waals surface area contributed by atoms with Crippen molar-refractivity contribution in [3.8, 4) is 5.75 Å². The van der Waals surface area contributed by atoms with Crippen molar-refractivity contribution in [3.05, 3.63) is 35.2 Å². The zero-order valence-electron chi connectivity index (χ0n) is 11.4. The van der Waals surface area contributed by atoms with Crippen LogP contribution in [0.1, 0.15) is 35.1 Å². The zero-order valence-corrected chi connectivity index (χ0v) is 11.4. The molecule has 0 unspecified atom stereocenters. The number of aromatic nitrogens is 4. The van der Waals surface area contributed by atoms with Crippen LogP contribution in [-0.4, -0.2) is 31.3 Å². The third kappa shape index (κ3) is 3.11. The zero-order chi connectivity index (χ0) is 14.5. The van der Waals surface area contributed by atoms with E-state index in [1.807, 2.05) is 6.92 Å². The molecule has 0 aliphatic carbocycles. The molecule has 1 N–H and O–H groups in total. The monoisotopic (exact) mass is 276 g/mol. The first kappa shape index (κ1) is 14.0. The number of benzene rings is 1. The fourth-order valence-electron chi connectivity index (χ4n) is 1.83. The summed E-state index contributed by atoms with van der Waals surface area (Å²) in [6, 6.07) is 4.85. The van der Waals surface area contributed by atoms with E-state index in [4.69, 9.17) is 9.84 Å². The van der Waals surface area contributed by atoms with Gasteiger partial charge in [-0.15, -0.1) is 5.10 Å². The van der Waals surface area contributed by atoms with Crippen LogP contribution >= 0.6 is 0 Å². The Morgan fingerprint density at radius 2 is 2.25 bits per heavy atom. The largest absolute Gasteiger partial charge is 0.486 e. The molecular formula is C13H16N4O3. The van der Waals surface area contributed by atoms with E-state index in [2.05, 4.69) is 15.5 Å². The van der Waals surface area contributed by atoms with Gasteiger partial charge in [0.1, 0.15) is 12.4 Å². The molecule has 20 heavy (non-hydrogen) atoms. The Hall–Kier alpha value is -2.44. The number of carbonyl (C=O) groups is 1. The van der Waals surface area contributed by atoms with Crippen molar-refractivity contribution in [2.75, 3.05) is 0 Å². The number of hydrogen-bond acceptors (Lipinski definition) is 5. The van der Waals surface area contributed by atoms with Gasteiger partial charge in [0.15, 0.2) is 5.82 Å². The minimum Gasteiger partial charge on any atom is -0.486 e. The van der Waals surface area contributed by atoms with Crippen molar-refractivity contribution in [3.63, 3.8) is 0 Å². The van der Waals surface area contributed by atoms with Crippen molar-refractivity contribution >= 4 is 5.97 Å². The fourth-order valence-corrected chi connectivity index (χ4v) is 1.83. The van der Waals surface area contributed by atoms with Crippen LogP contribution in [0, 0.1) is 6.92 Å². The quantitative estimate of drug-likeness (QED) is 0.863. The molecule has 1 aromatic heterocycles. The second-order valence-electron chi connectivity index (χ2n) is 4.39. The lowest BCUT2D eigenvalue weighted by Crippen LogP contribution is -2.08. The summed E-state index contributed by atoms with van der Waals surface area (Å²) < 4.78 is 7.29.